The molecule has 1 aromatic heterocycles. The number of methoxy groups -OCH3 is 1. The number of carbonyl (C=O) groups is 2. The van der Waals surface area contributed by atoms with Gasteiger partial charge in [0.15, 0.2) is 5.76 Å². The molecule has 2 aromatic carbocycles. The van der Waals surface area contributed by atoms with Crippen LogP contribution in [0.15, 0.2) is 71.3 Å². The van der Waals surface area contributed by atoms with Gasteiger partial charge in [-0.3, -0.25) is 9.59 Å². The molecule has 0 aliphatic carbocycles. The van der Waals surface area contributed by atoms with E-state index in [2.05, 4.69) is 5.32 Å². The third-order valence-corrected chi connectivity index (χ3v) is 5.14. The predicted molar refractivity (Wildman–Crippen MR) is 107 cm³/mol. The molecular weight excluding hydrogens is 368 g/mol. The molecule has 1 aliphatic rings. The Morgan fingerprint density at radius 3 is 2.69 bits per heavy atom. The number of nitrogens with zero attached hydrogens (tertiary/aromatic N) is 1. The van der Waals surface area contributed by atoms with Crippen LogP contribution in [-0.4, -0.2) is 29.9 Å². The second-order valence-corrected chi connectivity index (χ2v) is 6.97. The van der Waals surface area contributed by atoms with E-state index in [1.807, 2.05) is 48.5 Å². The molecule has 0 spiro atoms. The highest BCUT2D eigenvalue weighted by molar-refractivity contribution is 5.96. The molecule has 1 unspecified atom stereocenters. The van der Waals surface area contributed by atoms with Crippen molar-refractivity contribution in [3.8, 4) is 5.75 Å². The maximum atomic E-state index is 13.1. The number of nitrogens with one attached hydrogen (secondary N) is 1. The first kappa shape index (κ1) is 18.8. The fourth-order valence-electron chi connectivity index (χ4n) is 3.60. The Labute approximate surface area is 169 Å². The third-order valence-electron chi connectivity index (χ3n) is 5.14. The molecule has 0 saturated carbocycles. The lowest BCUT2D eigenvalue weighted by atomic mass is 9.93. The van der Waals surface area contributed by atoms with Crippen molar-refractivity contribution >= 4 is 11.8 Å². The summed E-state index contributed by atoms with van der Waals surface area (Å²) in [6.07, 6.45) is 1.93. The Morgan fingerprint density at radius 2 is 1.93 bits per heavy atom. The summed E-state index contributed by atoms with van der Waals surface area (Å²) in [4.78, 5) is 27.6. The van der Waals surface area contributed by atoms with Crippen LogP contribution in [0.1, 0.15) is 27.2 Å². The number of furan rings is 1. The molecule has 2 heterocycles. The van der Waals surface area contributed by atoms with Crippen molar-refractivity contribution in [2.24, 2.45) is 0 Å². The number of hydrogen-bond donors (Lipinski definition) is 1. The van der Waals surface area contributed by atoms with Crippen molar-refractivity contribution in [3.05, 3.63) is 89.4 Å². The van der Waals surface area contributed by atoms with E-state index in [9.17, 15) is 9.59 Å². The molecule has 0 saturated heterocycles. The quantitative estimate of drug-likeness (QED) is 0.726. The minimum Gasteiger partial charge on any atom is -0.497 e. The van der Waals surface area contributed by atoms with Crippen molar-refractivity contribution < 1.29 is 18.7 Å². The van der Waals surface area contributed by atoms with E-state index >= 15 is 0 Å². The molecule has 1 atom stereocenters. The summed E-state index contributed by atoms with van der Waals surface area (Å²) in [5.41, 5.74) is 3.06. The average molecular weight is 390 g/mol. The highest BCUT2D eigenvalue weighted by Crippen LogP contribution is 2.25. The Bertz CT molecular complexity index is 1010. The van der Waals surface area contributed by atoms with Gasteiger partial charge in [0.05, 0.1) is 13.4 Å². The molecule has 1 aliphatic heterocycles. The summed E-state index contributed by atoms with van der Waals surface area (Å²) in [5.74, 6) is 0.487. The average Bonchev–Trinajstić information content (AvgIpc) is 3.31. The lowest BCUT2D eigenvalue weighted by Crippen LogP contribution is -2.52. The molecule has 4 rings (SSSR count). The summed E-state index contributed by atoms with van der Waals surface area (Å²) in [6, 6.07) is 18.1. The minimum atomic E-state index is -0.604. The van der Waals surface area contributed by atoms with Gasteiger partial charge in [0.2, 0.25) is 5.91 Å². The SMILES string of the molecule is COc1cccc(CNC(=O)C2Cc3ccccc3CN2C(=O)c2ccco2)c1. The first-order valence-electron chi connectivity index (χ1n) is 9.47. The fourth-order valence-corrected chi connectivity index (χ4v) is 3.60. The molecule has 3 aromatic rings. The monoisotopic (exact) mass is 390 g/mol. The van der Waals surface area contributed by atoms with Crippen LogP contribution >= 0.6 is 0 Å². The molecule has 1 N–H and O–H groups in total. The maximum absolute atomic E-state index is 13.1. The number of rotatable bonds is 5. The van der Waals surface area contributed by atoms with Crippen molar-refractivity contribution in [3.63, 3.8) is 0 Å². The maximum Gasteiger partial charge on any atom is 0.290 e. The Balaban J connectivity index is 1.54. The van der Waals surface area contributed by atoms with Gasteiger partial charge < -0.3 is 19.4 Å². The van der Waals surface area contributed by atoms with Gasteiger partial charge in [0.25, 0.3) is 5.91 Å². The zero-order valence-corrected chi connectivity index (χ0v) is 16.1. The Morgan fingerprint density at radius 1 is 1.10 bits per heavy atom. The van der Waals surface area contributed by atoms with Crippen molar-refractivity contribution in [1.29, 1.82) is 0 Å². The fraction of sp³-hybridized carbons (Fsp3) is 0.217. The van der Waals surface area contributed by atoms with Gasteiger partial charge in [-0.1, -0.05) is 36.4 Å². The largest absolute Gasteiger partial charge is 0.497 e. The molecule has 0 bridgehead atoms. The van der Waals surface area contributed by atoms with Crippen LogP contribution < -0.4 is 10.1 Å². The van der Waals surface area contributed by atoms with Crippen LogP contribution in [-0.2, 0) is 24.3 Å². The highest BCUT2D eigenvalue weighted by atomic mass is 16.5. The standard InChI is InChI=1S/C23H22N2O4/c1-28-19-9-4-6-16(12-19)14-24-22(26)20-13-17-7-2-3-8-18(17)15-25(20)23(27)21-10-5-11-29-21/h2-12,20H,13-15H2,1H3,(H,24,26). The Hall–Kier alpha value is -3.54. The summed E-state index contributed by atoms with van der Waals surface area (Å²) < 4.78 is 10.5. The van der Waals surface area contributed by atoms with Gasteiger partial charge in [0, 0.05) is 19.5 Å². The summed E-state index contributed by atoms with van der Waals surface area (Å²) in [5, 5.41) is 2.96. The van der Waals surface area contributed by atoms with Crippen molar-refractivity contribution in [2.75, 3.05) is 7.11 Å². The molecule has 148 valence electrons. The summed E-state index contributed by atoms with van der Waals surface area (Å²) >= 11 is 0. The van der Waals surface area contributed by atoms with E-state index in [-0.39, 0.29) is 17.6 Å². The van der Waals surface area contributed by atoms with Gasteiger partial charge in [-0.2, -0.15) is 0 Å². The molecular formula is C23H22N2O4. The van der Waals surface area contributed by atoms with E-state index in [4.69, 9.17) is 9.15 Å². The summed E-state index contributed by atoms with van der Waals surface area (Å²) in [7, 11) is 1.61. The van der Waals surface area contributed by atoms with Crippen LogP contribution in [0.2, 0.25) is 0 Å². The normalized spacial score (nSPS) is 15.5. The van der Waals surface area contributed by atoms with Crippen molar-refractivity contribution in [2.45, 2.75) is 25.6 Å². The van der Waals surface area contributed by atoms with Crippen molar-refractivity contribution in [1.82, 2.24) is 10.2 Å². The molecule has 0 fully saturated rings. The van der Waals surface area contributed by atoms with Crippen LogP contribution in [0.5, 0.6) is 5.75 Å². The van der Waals surface area contributed by atoms with E-state index in [0.29, 0.717) is 19.5 Å². The van der Waals surface area contributed by atoms with Gasteiger partial charge in [0.1, 0.15) is 11.8 Å². The number of hydrogen-bond acceptors (Lipinski definition) is 4. The molecule has 29 heavy (non-hydrogen) atoms. The third kappa shape index (κ3) is 4.01. The Kier molecular flexibility index (Phi) is 5.33. The summed E-state index contributed by atoms with van der Waals surface area (Å²) in [6.45, 7) is 0.726. The minimum absolute atomic E-state index is 0.192. The predicted octanol–water partition coefficient (Wildman–Crippen LogP) is 3.17. The number of ether oxygens (including phenoxy) is 1. The topological polar surface area (TPSA) is 71.8 Å². The van der Waals surface area contributed by atoms with Gasteiger partial charge in [-0.15, -0.1) is 0 Å². The van der Waals surface area contributed by atoms with E-state index in [1.165, 1.54) is 6.26 Å². The molecule has 0 radical (unpaired) electrons. The molecule has 6 heteroatoms. The first-order valence-corrected chi connectivity index (χ1v) is 9.47. The van der Waals surface area contributed by atoms with E-state index < -0.39 is 6.04 Å². The lowest BCUT2D eigenvalue weighted by Gasteiger charge is -2.35. The zero-order valence-electron chi connectivity index (χ0n) is 16.1. The first-order chi connectivity index (χ1) is 14.2. The zero-order chi connectivity index (χ0) is 20.2. The van der Waals surface area contributed by atoms with Gasteiger partial charge in [-0.05, 0) is 41.0 Å². The van der Waals surface area contributed by atoms with E-state index in [0.717, 1.165) is 22.4 Å². The number of fused-ring (bicyclic) bond motifs is 1. The number of carbonyl (C=O) groups excluding carboxylic acids is 2. The van der Waals surface area contributed by atoms with Crippen LogP contribution in [0, 0.1) is 0 Å². The lowest BCUT2D eigenvalue weighted by molar-refractivity contribution is -0.126. The van der Waals surface area contributed by atoms with Crippen LogP contribution in [0.3, 0.4) is 0 Å². The number of benzene rings is 2. The second kappa shape index (κ2) is 8.22. The number of amides is 2. The van der Waals surface area contributed by atoms with Crippen LogP contribution in [0.4, 0.5) is 0 Å². The molecule has 2 amide bonds. The van der Waals surface area contributed by atoms with E-state index in [1.54, 1.807) is 24.1 Å². The highest BCUT2D eigenvalue weighted by Gasteiger charge is 2.35. The molecule has 6 nitrogen and oxygen atoms in total. The second-order valence-electron chi connectivity index (χ2n) is 6.97. The van der Waals surface area contributed by atoms with Gasteiger partial charge in [-0.25, -0.2) is 0 Å². The van der Waals surface area contributed by atoms with Gasteiger partial charge >= 0.3 is 0 Å². The van der Waals surface area contributed by atoms with Crippen LogP contribution in [0.25, 0.3) is 0 Å². The smallest absolute Gasteiger partial charge is 0.290 e.